The van der Waals surface area contributed by atoms with E-state index in [1.807, 2.05) is 12.1 Å². The molecule has 29 heavy (non-hydrogen) atoms. The number of thioether (sulfide) groups is 1. The number of carbonyl (C=O) groups excluding carboxylic acids is 2. The third-order valence-corrected chi connectivity index (χ3v) is 4.76. The molecule has 0 unspecified atom stereocenters. The molecule has 0 saturated carbocycles. The van der Waals surface area contributed by atoms with Crippen LogP contribution in [0.25, 0.3) is 0 Å². The highest BCUT2D eigenvalue weighted by atomic mass is 32.2. The molecule has 2 rings (SSSR count). The summed E-state index contributed by atoms with van der Waals surface area (Å²) in [5, 5.41) is 14.5. The Hall–Kier alpha value is -3.38. The van der Waals surface area contributed by atoms with Crippen LogP contribution in [0.4, 0.5) is 11.4 Å². The van der Waals surface area contributed by atoms with Gasteiger partial charge >= 0.3 is 5.97 Å². The van der Waals surface area contributed by atoms with Crippen LogP contribution >= 0.6 is 11.8 Å². The van der Waals surface area contributed by atoms with Gasteiger partial charge in [-0.1, -0.05) is 12.1 Å². The Labute approximate surface area is 173 Å². The van der Waals surface area contributed by atoms with Gasteiger partial charge in [0.05, 0.1) is 56.6 Å². The van der Waals surface area contributed by atoms with Crippen molar-refractivity contribution in [2.24, 2.45) is 0 Å². The van der Waals surface area contributed by atoms with Crippen molar-refractivity contribution in [1.82, 2.24) is 0 Å². The number of rotatable bonds is 9. The van der Waals surface area contributed by atoms with E-state index >= 15 is 0 Å². The zero-order chi connectivity index (χ0) is 21.2. The summed E-state index contributed by atoms with van der Waals surface area (Å²) in [6.45, 7) is -0.100. The van der Waals surface area contributed by atoms with E-state index in [9.17, 15) is 9.59 Å². The van der Waals surface area contributed by atoms with Gasteiger partial charge in [-0.3, -0.25) is 4.79 Å². The van der Waals surface area contributed by atoms with Crippen LogP contribution in [-0.4, -0.2) is 45.5 Å². The van der Waals surface area contributed by atoms with E-state index in [1.54, 1.807) is 18.2 Å². The van der Waals surface area contributed by atoms with Crippen molar-refractivity contribution in [1.29, 1.82) is 5.26 Å². The Morgan fingerprint density at radius 3 is 2.41 bits per heavy atom. The van der Waals surface area contributed by atoms with Gasteiger partial charge < -0.3 is 24.8 Å². The molecule has 0 aliphatic heterocycles. The lowest BCUT2D eigenvalue weighted by molar-refractivity contribution is -0.114. The smallest absolute Gasteiger partial charge is 0.340 e. The fraction of sp³-hybridized carbons (Fsp3) is 0.250. The Morgan fingerprint density at radius 2 is 1.76 bits per heavy atom. The van der Waals surface area contributed by atoms with Crippen LogP contribution in [0.1, 0.15) is 10.4 Å². The summed E-state index contributed by atoms with van der Waals surface area (Å²) >= 11 is 1.33. The Morgan fingerprint density at radius 1 is 1.07 bits per heavy atom. The third kappa shape index (κ3) is 5.80. The number of amides is 1. The summed E-state index contributed by atoms with van der Waals surface area (Å²) in [7, 11) is 4.20. The highest BCUT2D eigenvalue weighted by Crippen LogP contribution is 2.33. The number of nitrogens with zero attached hydrogens (tertiary/aromatic N) is 1. The standard InChI is InChI=1S/C20H21N3O5S/c1-26-16-10-13(20(25)28-3)15(11-17(16)27-2)22-12-19(24)23-14-6-4-5-7-18(14)29-9-8-21/h4-7,10-11,22H,9,12H2,1-3H3,(H,23,24). The predicted octanol–water partition coefficient (Wildman–Crippen LogP) is 3.16. The molecule has 2 N–H and O–H groups in total. The van der Waals surface area contributed by atoms with Gasteiger partial charge in [0.2, 0.25) is 5.91 Å². The average molecular weight is 415 g/mol. The number of nitriles is 1. The molecule has 0 heterocycles. The molecule has 0 aromatic heterocycles. The van der Waals surface area contributed by atoms with Crippen LogP contribution in [0.5, 0.6) is 11.5 Å². The SMILES string of the molecule is COC(=O)c1cc(OC)c(OC)cc1NCC(=O)Nc1ccccc1SCC#N. The minimum atomic E-state index is -0.577. The summed E-state index contributed by atoms with van der Waals surface area (Å²) in [6, 6.07) is 12.3. The van der Waals surface area contributed by atoms with Crippen molar-refractivity contribution in [2.75, 3.05) is 44.3 Å². The number of anilines is 2. The maximum Gasteiger partial charge on any atom is 0.340 e. The first-order valence-corrected chi connectivity index (χ1v) is 9.49. The molecule has 0 aliphatic rings. The van der Waals surface area contributed by atoms with E-state index < -0.39 is 5.97 Å². The van der Waals surface area contributed by atoms with Crippen LogP contribution in [0.2, 0.25) is 0 Å². The summed E-state index contributed by atoms with van der Waals surface area (Å²) in [5.41, 5.74) is 1.19. The Bertz CT molecular complexity index is 927. The lowest BCUT2D eigenvalue weighted by Gasteiger charge is -2.15. The first-order valence-electron chi connectivity index (χ1n) is 8.50. The lowest BCUT2D eigenvalue weighted by atomic mass is 10.1. The first-order chi connectivity index (χ1) is 14.0. The largest absolute Gasteiger partial charge is 0.493 e. The zero-order valence-corrected chi connectivity index (χ0v) is 17.1. The number of hydrogen-bond donors (Lipinski definition) is 2. The minimum Gasteiger partial charge on any atom is -0.493 e. The second-order valence-corrected chi connectivity index (χ2v) is 6.61. The molecule has 0 saturated heterocycles. The van der Waals surface area contributed by atoms with Crippen LogP contribution < -0.4 is 20.1 Å². The molecule has 0 spiro atoms. The summed E-state index contributed by atoms with van der Waals surface area (Å²) in [5.74, 6) is 0.152. The van der Waals surface area contributed by atoms with Gasteiger partial charge in [-0.25, -0.2) is 4.79 Å². The van der Waals surface area contributed by atoms with Crippen LogP contribution in [0, 0.1) is 11.3 Å². The number of ether oxygens (including phenoxy) is 3. The molecule has 0 fully saturated rings. The van der Waals surface area contributed by atoms with Crippen LogP contribution in [0.3, 0.4) is 0 Å². The third-order valence-electron chi connectivity index (χ3n) is 3.82. The monoisotopic (exact) mass is 415 g/mol. The van der Waals surface area contributed by atoms with Crippen LogP contribution in [-0.2, 0) is 9.53 Å². The number of hydrogen-bond acceptors (Lipinski definition) is 8. The molecule has 152 valence electrons. The molecule has 0 radical (unpaired) electrons. The second kappa shape index (κ2) is 10.8. The van der Waals surface area contributed by atoms with Gasteiger partial charge in [-0.2, -0.15) is 5.26 Å². The summed E-state index contributed by atoms with van der Waals surface area (Å²) < 4.78 is 15.3. The lowest BCUT2D eigenvalue weighted by Crippen LogP contribution is -2.23. The van der Waals surface area contributed by atoms with Crippen LogP contribution in [0.15, 0.2) is 41.3 Å². The van der Waals surface area contributed by atoms with Crippen molar-refractivity contribution in [3.8, 4) is 17.6 Å². The highest BCUT2D eigenvalue weighted by Gasteiger charge is 2.18. The van der Waals surface area contributed by atoms with Crippen molar-refractivity contribution in [3.63, 3.8) is 0 Å². The first kappa shape index (κ1) is 21.9. The van der Waals surface area contributed by atoms with Crippen molar-refractivity contribution in [3.05, 3.63) is 42.0 Å². The normalized spacial score (nSPS) is 9.86. The number of nitrogens with one attached hydrogen (secondary N) is 2. The number of esters is 1. The zero-order valence-electron chi connectivity index (χ0n) is 16.3. The molecule has 0 aliphatic carbocycles. The van der Waals surface area contributed by atoms with E-state index in [4.69, 9.17) is 19.5 Å². The summed E-state index contributed by atoms with van der Waals surface area (Å²) in [6.07, 6.45) is 0. The van der Waals surface area contributed by atoms with Gasteiger partial charge in [0, 0.05) is 17.0 Å². The molecule has 0 bridgehead atoms. The van der Waals surface area contributed by atoms with Gasteiger partial charge in [-0.15, -0.1) is 11.8 Å². The van der Waals surface area contributed by atoms with Gasteiger partial charge in [0.1, 0.15) is 0 Å². The Kier molecular flexibility index (Phi) is 8.18. The molecule has 2 aromatic carbocycles. The van der Waals surface area contributed by atoms with E-state index in [0.29, 0.717) is 22.9 Å². The van der Waals surface area contributed by atoms with Gasteiger partial charge in [-0.05, 0) is 12.1 Å². The maximum atomic E-state index is 12.4. The molecule has 1 amide bonds. The minimum absolute atomic E-state index is 0.100. The van der Waals surface area contributed by atoms with E-state index in [1.165, 1.54) is 39.2 Å². The topological polar surface area (TPSA) is 110 Å². The average Bonchev–Trinajstić information content (AvgIpc) is 2.75. The molecule has 8 nitrogen and oxygen atoms in total. The molecule has 2 aromatic rings. The van der Waals surface area contributed by atoms with E-state index in [-0.39, 0.29) is 23.8 Å². The fourth-order valence-corrected chi connectivity index (χ4v) is 3.15. The highest BCUT2D eigenvalue weighted by molar-refractivity contribution is 7.99. The molecule has 0 atom stereocenters. The van der Waals surface area contributed by atoms with Crippen molar-refractivity contribution >= 4 is 35.0 Å². The van der Waals surface area contributed by atoms with Crippen molar-refractivity contribution in [2.45, 2.75) is 4.90 Å². The number of para-hydroxylation sites is 1. The predicted molar refractivity (Wildman–Crippen MR) is 111 cm³/mol. The fourth-order valence-electron chi connectivity index (χ4n) is 2.48. The number of carbonyl (C=O) groups is 2. The van der Waals surface area contributed by atoms with E-state index in [0.717, 1.165) is 4.90 Å². The maximum absolute atomic E-state index is 12.4. The molecular weight excluding hydrogens is 394 g/mol. The quantitative estimate of drug-likeness (QED) is 0.475. The number of benzene rings is 2. The Balaban J connectivity index is 2.16. The molecule has 9 heteroatoms. The second-order valence-electron chi connectivity index (χ2n) is 5.59. The van der Waals surface area contributed by atoms with Gasteiger partial charge in [0.25, 0.3) is 0 Å². The number of methoxy groups -OCH3 is 3. The van der Waals surface area contributed by atoms with E-state index in [2.05, 4.69) is 16.7 Å². The summed E-state index contributed by atoms with van der Waals surface area (Å²) in [4.78, 5) is 25.3. The van der Waals surface area contributed by atoms with Crippen molar-refractivity contribution < 1.29 is 23.8 Å². The van der Waals surface area contributed by atoms with Gasteiger partial charge in [0.15, 0.2) is 11.5 Å². The molecular formula is C20H21N3O5S.